The number of para-hydroxylation sites is 1. The van der Waals surface area contributed by atoms with Gasteiger partial charge in [-0.3, -0.25) is 0 Å². The van der Waals surface area contributed by atoms with Crippen molar-refractivity contribution in [3.8, 4) is 6.07 Å². The summed E-state index contributed by atoms with van der Waals surface area (Å²) in [5.74, 6) is 0.243. The summed E-state index contributed by atoms with van der Waals surface area (Å²) in [4.78, 5) is 2.11. The number of likely N-dealkylation sites (tertiary alicyclic amines) is 1. The van der Waals surface area contributed by atoms with E-state index in [4.69, 9.17) is 12.2 Å². The Kier molecular flexibility index (Phi) is 5.64. The van der Waals surface area contributed by atoms with E-state index in [0.29, 0.717) is 10.7 Å². The second-order valence-electron chi connectivity index (χ2n) is 6.27. The number of hydrogen-bond donors (Lipinski definition) is 2. The summed E-state index contributed by atoms with van der Waals surface area (Å²) in [7, 11) is 0. The van der Waals surface area contributed by atoms with Crippen molar-refractivity contribution in [2.75, 3.05) is 18.4 Å². The summed E-state index contributed by atoms with van der Waals surface area (Å²) in [5, 5.41) is 23.6. The molecule has 25 heavy (non-hydrogen) atoms. The molecule has 0 amide bonds. The number of nitrogens with one attached hydrogen (secondary N) is 1. The van der Waals surface area contributed by atoms with E-state index in [1.54, 1.807) is 6.07 Å². The zero-order chi connectivity index (χ0) is 17.6. The highest BCUT2D eigenvalue weighted by molar-refractivity contribution is 7.80. The number of rotatable bonds is 3. The molecule has 1 aliphatic rings. The number of hydrogen-bond acceptors (Lipinski definition) is 3. The summed E-state index contributed by atoms with van der Waals surface area (Å²) >= 11 is 5.50. The van der Waals surface area contributed by atoms with Gasteiger partial charge < -0.3 is 15.3 Å². The molecular weight excluding hydrogens is 330 g/mol. The molecule has 0 radical (unpaired) electrons. The van der Waals surface area contributed by atoms with E-state index in [-0.39, 0.29) is 5.92 Å². The lowest BCUT2D eigenvalue weighted by Gasteiger charge is -2.36. The summed E-state index contributed by atoms with van der Waals surface area (Å²) in [6, 6.07) is 19.3. The van der Waals surface area contributed by atoms with Gasteiger partial charge in [-0.25, -0.2) is 0 Å². The predicted molar refractivity (Wildman–Crippen MR) is 103 cm³/mol. The Hall–Kier alpha value is -2.42. The Bertz CT molecular complexity index is 764. The van der Waals surface area contributed by atoms with Gasteiger partial charge >= 0.3 is 0 Å². The van der Waals surface area contributed by atoms with Crippen LogP contribution in [0, 0.1) is 17.2 Å². The van der Waals surface area contributed by atoms with Crippen molar-refractivity contribution in [1.82, 2.24) is 4.90 Å². The Morgan fingerprint density at radius 1 is 1.12 bits per heavy atom. The number of benzene rings is 2. The SMILES string of the molecule is N#Cc1ccccc1NC(=S)N1CCC(C(O)c2ccccc2)CC1. The van der Waals surface area contributed by atoms with Gasteiger partial charge in [0.25, 0.3) is 0 Å². The Morgan fingerprint density at radius 2 is 1.76 bits per heavy atom. The lowest BCUT2D eigenvalue weighted by molar-refractivity contribution is 0.0744. The number of aliphatic hydroxyl groups is 1. The molecule has 1 unspecified atom stereocenters. The van der Waals surface area contributed by atoms with E-state index >= 15 is 0 Å². The molecule has 2 aromatic rings. The molecule has 4 nitrogen and oxygen atoms in total. The molecule has 3 rings (SSSR count). The van der Waals surface area contributed by atoms with Crippen LogP contribution in [0.4, 0.5) is 5.69 Å². The molecule has 0 aromatic heterocycles. The second-order valence-corrected chi connectivity index (χ2v) is 6.65. The highest BCUT2D eigenvalue weighted by Gasteiger charge is 2.27. The molecular formula is C20H21N3OS. The van der Waals surface area contributed by atoms with Gasteiger partial charge in [0.15, 0.2) is 5.11 Å². The van der Waals surface area contributed by atoms with Gasteiger partial charge in [-0.2, -0.15) is 5.26 Å². The Labute approximate surface area is 153 Å². The normalized spacial score (nSPS) is 16.1. The van der Waals surface area contributed by atoms with Crippen molar-refractivity contribution in [3.05, 3.63) is 65.7 Å². The first-order chi connectivity index (χ1) is 12.2. The zero-order valence-corrected chi connectivity index (χ0v) is 14.7. The van der Waals surface area contributed by atoms with Crippen molar-refractivity contribution in [3.63, 3.8) is 0 Å². The minimum atomic E-state index is -0.427. The van der Waals surface area contributed by atoms with E-state index in [1.807, 2.05) is 48.5 Å². The fourth-order valence-corrected chi connectivity index (χ4v) is 3.52. The van der Waals surface area contributed by atoms with Gasteiger partial charge in [-0.05, 0) is 48.7 Å². The van der Waals surface area contributed by atoms with Crippen molar-refractivity contribution in [2.45, 2.75) is 18.9 Å². The van der Waals surface area contributed by atoms with Crippen LogP contribution < -0.4 is 5.32 Å². The third-order valence-corrected chi connectivity index (χ3v) is 5.06. The van der Waals surface area contributed by atoms with E-state index in [0.717, 1.165) is 37.2 Å². The van der Waals surface area contributed by atoms with Crippen LogP contribution in [0.1, 0.15) is 30.1 Å². The van der Waals surface area contributed by atoms with Crippen LogP contribution in [0.3, 0.4) is 0 Å². The molecule has 0 spiro atoms. The molecule has 1 saturated heterocycles. The van der Waals surface area contributed by atoms with Crippen LogP contribution in [0.5, 0.6) is 0 Å². The summed E-state index contributed by atoms with van der Waals surface area (Å²) in [6.45, 7) is 1.60. The predicted octanol–water partition coefficient (Wildman–Crippen LogP) is 3.70. The molecule has 2 N–H and O–H groups in total. The fourth-order valence-electron chi connectivity index (χ4n) is 3.22. The summed E-state index contributed by atoms with van der Waals surface area (Å²) < 4.78 is 0. The average molecular weight is 351 g/mol. The molecule has 5 heteroatoms. The van der Waals surface area contributed by atoms with Gasteiger partial charge in [0, 0.05) is 13.1 Å². The van der Waals surface area contributed by atoms with Crippen LogP contribution in [-0.4, -0.2) is 28.2 Å². The first kappa shape index (κ1) is 17.4. The molecule has 2 aromatic carbocycles. The maximum atomic E-state index is 10.6. The molecule has 128 valence electrons. The van der Waals surface area contributed by atoms with E-state index in [2.05, 4.69) is 16.3 Å². The topological polar surface area (TPSA) is 59.3 Å². The summed E-state index contributed by atoms with van der Waals surface area (Å²) in [6.07, 6.45) is 1.35. The Balaban J connectivity index is 1.57. The number of nitriles is 1. The third kappa shape index (κ3) is 4.16. The quantitative estimate of drug-likeness (QED) is 0.826. The van der Waals surface area contributed by atoms with E-state index in [9.17, 15) is 10.4 Å². The molecule has 1 aliphatic heterocycles. The van der Waals surface area contributed by atoms with Gasteiger partial charge in [0.05, 0.1) is 17.4 Å². The van der Waals surface area contributed by atoms with Crippen LogP contribution in [0.25, 0.3) is 0 Å². The minimum absolute atomic E-state index is 0.243. The molecule has 0 saturated carbocycles. The number of nitrogens with zero attached hydrogens (tertiary/aromatic N) is 2. The number of piperidine rings is 1. The zero-order valence-electron chi connectivity index (χ0n) is 13.9. The molecule has 0 bridgehead atoms. The van der Waals surface area contributed by atoms with Crippen molar-refractivity contribution >= 4 is 23.0 Å². The lowest BCUT2D eigenvalue weighted by atomic mass is 9.87. The van der Waals surface area contributed by atoms with Crippen molar-refractivity contribution < 1.29 is 5.11 Å². The van der Waals surface area contributed by atoms with Gasteiger partial charge in [-0.15, -0.1) is 0 Å². The van der Waals surface area contributed by atoms with Crippen LogP contribution in [-0.2, 0) is 0 Å². The molecule has 1 atom stereocenters. The number of aliphatic hydroxyl groups excluding tert-OH is 1. The van der Waals surface area contributed by atoms with Crippen LogP contribution >= 0.6 is 12.2 Å². The smallest absolute Gasteiger partial charge is 0.173 e. The van der Waals surface area contributed by atoms with E-state index < -0.39 is 6.10 Å². The fraction of sp³-hybridized carbons (Fsp3) is 0.300. The maximum Gasteiger partial charge on any atom is 0.173 e. The van der Waals surface area contributed by atoms with Crippen LogP contribution in [0.15, 0.2) is 54.6 Å². The largest absolute Gasteiger partial charge is 0.388 e. The Morgan fingerprint density at radius 3 is 2.44 bits per heavy atom. The van der Waals surface area contributed by atoms with Gasteiger partial charge in [0.1, 0.15) is 6.07 Å². The second kappa shape index (κ2) is 8.11. The number of thiocarbonyl (C=S) groups is 1. The van der Waals surface area contributed by atoms with Crippen molar-refractivity contribution in [1.29, 1.82) is 5.26 Å². The monoisotopic (exact) mass is 351 g/mol. The number of anilines is 1. The first-order valence-electron chi connectivity index (χ1n) is 8.47. The van der Waals surface area contributed by atoms with Gasteiger partial charge in [0.2, 0.25) is 0 Å². The molecule has 1 heterocycles. The van der Waals surface area contributed by atoms with Crippen molar-refractivity contribution in [2.24, 2.45) is 5.92 Å². The first-order valence-corrected chi connectivity index (χ1v) is 8.88. The van der Waals surface area contributed by atoms with Crippen LogP contribution in [0.2, 0.25) is 0 Å². The highest BCUT2D eigenvalue weighted by Crippen LogP contribution is 2.30. The average Bonchev–Trinajstić information content (AvgIpc) is 2.68. The van der Waals surface area contributed by atoms with Gasteiger partial charge in [-0.1, -0.05) is 42.5 Å². The minimum Gasteiger partial charge on any atom is -0.388 e. The maximum absolute atomic E-state index is 10.6. The summed E-state index contributed by atoms with van der Waals surface area (Å²) in [5.41, 5.74) is 2.30. The highest BCUT2D eigenvalue weighted by atomic mass is 32.1. The molecule has 1 fully saturated rings. The molecule has 0 aliphatic carbocycles. The van der Waals surface area contributed by atoms with E-state index in [1.165, 1.54) is 0 Å². The lowest BCUT2D eigenvalue weighted by Crippen LogP contribution is -2.42. The third-order valence-electron chi connectivity index (χ3n) is 4.70. The standard InChI is InChI=1S/C20H21N3OS/c21-14-17-8-4-5-9-18(17)22-20(25)23-12-10-16(11-13-23)19(24)15-6-2-1-3-7-15/h1-9,16,19,24H,10-13H2,(H,22,25).